The minimum absolute atomic E-state index is 0.439. The molecule has 4 nitrogen and oxygen atoms in total. The fourth-order valence-electron chi connectivity index (χ4n) is 1.70. The van der Waals surface area contributed by atoms with Crippen molar-refractivity contribution in [2.45, 2.75) is 20.3 Å². The molecule has 0 radical (unpaired) electrons. The van der Waals surface area contributed by atoms with Crippen LogP contribution in [-0.2, 0) is 0 Å². The van der Waals surface area contributed by atoms with Crippen LogP contribution in [0.2, 0.25) is 0 Å². The van der Waals surface area contributed by atoms with Crippen molar-refractivity contribution in [3.05, 3.63) is 29.1 Å². The van der Waals surface area contributed by atoms with Crippen molar-refractivity contribution in [1.82, 2.24) is 9.97 Å². The highest BCUT2D eigenvalue weighted by atomic mass is 15.2. The summed E-state index contributed by atoms with van der Waals surface area (Å²) < 4.78 is 0. The second-order valence-corrected chi connectivity index (χ2v) is 4.05. The van der Waals surface area contributed by atoms with Gasteiger partial charge >= 0.3 is 0 Å². The normalized spacial score (nSPS) is 15.6. The summed E-state index contributed by atoms with van der Waals surface area (Å²) in [6.07, 6.45) is 3.22. The van der Waals surface area contributed by atoms with Crippen molar-refractivity contribution in [2.24, 2.45) is 0 Å². The summed E-state index contributed by atoms with van der Waals surface area (Å²) in [6, 6.07) is 3.77. The van der Waals surface area contributed by atoms with Crippen LogP contribution in [0.25, 0.3) is 0 Å². The van der Waals surface area contributed by atoms with Crippen LogP contribution in [0.5, 0.6) is 0 Å². The summed E-state index contributed by atoms with van der Waals surface area (Å²) >= 11 is 0. The van der Waals surface area contributed by atoms with E-state index in [1.165, 1.54) is 5.57 Å². The Morgan fingerprint density at radius 3 is 2.81 bits per heavy atom. The van der Waals surface area contributed by atoms with E-state index in [9.17, 15) is 0 Å². The first-order valence-corrected chi connectivity index (χ1v) is 5.35. The van der Waals surface area contributed by atoms with E-state index in [1.807, 2.05) is 6.92 Å². The molecule has 0 spiro atoms. The standard InChI is InChI=1S/C12H14N4/c1-9-3-5-16(6-4-9)12-14-10(2)7-11(8-13)15-12/h3,7H,4-6H2,1-2H3. The van der Waals surface area contributed by atoms with Crippen LogP contribution < -0.4 is 4.90 Å². The largest absolute Gasteiger partial charge is 0.337 e. The Kier molecular flexibility index (Phi) is 2.86. The summed E-state index contributed by atoms with van der Waals surface area (Å²) in [6.45, 7) is 5.78. The van der Waals surface area contributed by atoms with Gasteiger partial charge in [-0.25, -0.2) is 9.97 Å². The van der Waals surface area contributed by atoms with E-state index in [0.29, 0.717) is 11.6 Å². The van der Waals surface area contributed by atoms with Gasteiger partial charge in [0.1, 0.15) is 11.8 Å². The van der Waals surface area contributed by atoms with Gasteiger partial charge in [-0.1, -0.05) is 11.6 Å². The Hall–Kier alpha value is -1.89. The Bertz CT molecular complexity index is 470. The Balaban J connectivity index is 2.28. The van der Waals surface area contributed by atoms with Crippen LogP contribution in [0.1, 0.15) is 24.7 Å². The van der Waals surface area contributed by atoms with Gasteiger partial charge < -0.3 is 4.90 Å². The molecule has 0 saturated heterocycles. The maximum absolute atomic E-state index is 8.86. The second kappa shape index (κ2) is 4.31. The number of hydrogen-bond donors (Lipinski definition) is 0. The molecule has 0 saturated carbocycles. The number of aryl methyl sites for hydroxylation is 1. The van der Waals surface area contributed by atoms with E-state index >= 15 is 0 Å². The molecular weight excluding hydrogens is 200 g/mol. The molecule has 0 aliphatic carbocycles. The first-order valence-electron chi connectivity index (χ1n) is 5.35. The van der Waals surface area contributed by atoms with Gasteiger partial charge in [-0.3, -0.25) is 0 Å². The van der Waals surface area contributed by atoms with Gasteiger partial charge in [0.25, 0.3) is 0 Å². The van der Waals surface area contributed by atoms with Crippen molar-refractivity contribution < 1.29 is 0 Å². The van der Waals surface area contributed by atoms with Crippen molar-refractivity contribution in [3.63, 3.8) is 0 Å². The van der Waals surface area contributed by atoms with E-state index in [2.05, 4.69) is 33.9 Å². The fraction of sp³-hybridized carbons (Fsp3) is 0.417. The average Bonchev–Trinajstić information content (AvgIpc) is 2.29. The van der Waals surface area contributed by atoms with Crippen LogP contribution >= 0.6 is 0 Å². The molecule has 0 bridgehead atoms. The third-order valence-corrected chi connectivity index (χ3v) is 2.68. The molecule has 2 heterocycles. The molecule has 2 rings (SSSR count). The summed E-state index contributed by atoms with van der Waals surface area (Å²) in [5, 5.41) is 8.86. The maximum atomic E-state index is 8.86. The van der Waals surface area contributed by atoms with Gasteiger partial charge in [-0.2, -0.15) is 5.26 Å². The van der Waals surface area contributed by atoms with Crippen molar-refractivity contribution in [2.75, 3.05) is 18.0 Å². The lowest BCUT2D eigenvalue weighted by atomic mass is 10.1. The molecule has 0 amide bonds. The molecule has 0 fully saturated rings. The number of anilines is 1. The molecule has 1 aliphatic heterocycles. The molecule has 0 N–H and O–H groups in total. The number of nitriles is 1. The van der Waals surface area contributed by atoms with E-state index < -0.39 is 0 Å². The molecule has 1 aromatic heterocycles. The van der Waals surface area contributed by atoms with Crippen molar-refractivity contribution in [1.29, 1.82) is 5.26 Å². The molecule has 0 aromatic carbocycles. The highest BCUT2D eigenvalue weighted by molar-refractivity contribution is 5.38. The van der Waals surface area contributed by atoms with Gasteiger partial charge in [0, 0.05) is 18.8 Å². The van der Waals surface area contributed by atoms with Gasteiger partial charge in [0.2, 0.25) is 5.95 Å². The molecule has 16 heavy (non-hydrogen) atoms. The van der Waals surface area contributed by atoms with Gasteiger partial charge in [0.05, 0.1) is 0 Å². The highest BCUT2D eigenvalue weighted by Gasteiger charge is 2.13. The minimum Gasteiger partial charge on any atom is -0.337 e. The average molecular weight is 214 g/mol. The zero-order valence-corrected chi connectivity index (χ0v) is 9.56. The zero-order valence-electron chi connectivity index (χ0n) is 9.56. The quantitative estimate of drug-likeness (QED) is 0.669. The summed E-state index contributed by atoms with van der Waals surface area (Å²) in [4.78, 5) is 10.7. The molecule has 1 aromatic rings. The minimum atomic E-state index is 0.439. The zero-order chi connectivity index (χ0) is 11.5. The third-order valence-electron chi connectivity index (χ3n) is 2.68. The van der Waals surface area contributed by atoms with Gasteiger partial charge in [-0.05, 0) is 26.3 Å². The van der Waals surface area contributed by atoms with Crippen LogP contribution in [0.3, 0.4) is 0 Å². The molecule has 1 aliphatic rings. The predicted octanol–water partition coefficient (Wildman–Crippen LogP) is 1.81. The van der Waals surface area contributed by atoms with E-state index in [1.54, 1.807) is 6.07 Å². The van der Waals surface area contributed by atoms with E-state index in [4.69, 9.17) is 5.26 Å². The molecule has 0 unspecified atom stereocenters. The smallest absolute Gasteiger partial charge is 0.227 e. The fourth-order valence-corrected chi connectivity index (χ4v) is 1.70. The van der Waals surface area contributed by atoms with Crippen LogP contribution in [0, 0.1) is 18.3 Å². The van der Waals surface area contributed by atoms with Crippen LogP contribution in [0.15, 0.2) is 17.7 Å². The first kappa shape index (κ1) is 10.6. The number of rotatable bonds is 1. The first-order chi connectivity index (χ1) is 7.69. The van der Waals surface area contributed by atoms with Crippen LogP contribution in [-0.4, -0.2) is 23.1 Å². The Labute approximate surface area is 95.2 Å². The van der Waals surface area contributed by atoms with Crippen LogP contribution in [0.4, 0.5) is 5.95 Å². The topological polar surface area (TPSA) is 52.8 Å². The van der Waals surface area contributed by atoms with E-state index in [0.717, 1.165) is 25.2 Å². The number of aromatic nitrogens is 2. The van der Waals surface area contributed by atoms with Gasteiger partial charge in [-0.15, -0.1) is 0 Å². The lowest BCUT2D eigenvalue weighted by Crippen LogP contribution is -2.30. The Morgan fingerprint density at radius 2 is 2.19 bits per heavy atom. The lowest BCUT2D eigenvalue weighted by molar-refractivity contribution is 0.756. The number of hydrogen-bond acceptors (Lipinski definition) is 4. The Morgan fingerprint density at radius 1 is 1.38 bits per heavy atom. The number of nitrogens with zero attached hydrogens (tertiary/aromatic N) is 4. The summed E-state index contributed by atoms with van der Waals surface area (Å²) in [7, 11) is 0. The van der Waals surface area contributed by atoms with Crippen molar-refractivity contribution in [3.8, 4) is 6.07 Å². The maximum Gasteiger partial charge on any atom is 0.227 e. The van der Waals surface area contributed by atoms with Crippen molar-refractivity contribution >= 4 is 5.95 Å². The van der Waals surface area contributed by atoms with E-state index in [-0.39, 0.29) is 0 Å². The molecule has 0 atom stereocenters. The SMILES string of the molecule is CC1=CCN(c2nc(C)cc(C#N)n2)CC1. The second-order valence-electron chi connectivity index (χ2n) is 4.05. The molecular formula is C12H14N4. The molecule has 4 heteroatoms. The summed E-state index contributed by atoms with van der Waals surface area (Å²) in [5.74, 6) is 0.667. The third kappa shape index (κ3) is 2.19. The predicted molar refractivity (Wildman–Crippen MR) is 62.1 cm³/mol. The monoisotopic (exact) mass is 214 g/mol. The highest BCUT2D eigenvalue weighted by Crippen LogP contribution is 2.16. The van der Waals surface area contributed by atoms with Gasteiger partial charge in [0.15, 0.2) is 0 Å². The lowest BCUT2D eigenvalue weighted by Gasteiger charge is -2.25. The molecule has 82 valence electrons. The summed E-state index contributed by atoms with van der Waals surface area (Å²) in [5.41, 5.74) is 2.69.